The molecule has 0 aliphatic carbocycles. The van der Waals surface area contributed by atoms with Gasteiger partial charge < -0.3 is 5.73 Å². The molecule has 0 aliphatic heterocycles. The summed E-state index contributed by atoms with van der Waals surface area (Å²) in [6.07, 6.45) is 0. The molecule has 0 aliphatic rings. The van der Waals surface area contributed by atoms with E-state index in [9.17, 15) is 18.0 Å². The van der Waals surface area contributed by atoms with Crippen LogP contribution in [0, 0.1) is 17.5 Å². The Labute approximate surface area is 110 Å². The summed E-state index contributed by atoms with van der Waals surface area (Å²) < 4.78 is 39.3. The van der Waals surface area contributed by atoms with Gasteiger partial charge in [-0.2, -0.15) is 0 Å². The second-order valence-electron chi connectivity index (χ2n) is 3.91. The van der Waals surface area contributed by atoms with E-state index in [1.165, 1.54) is 5.38 Å². The number of carbonyl (C=O) groups excluding carboxylic acids is 1. The normalized spacial score (nSPS) is 12.5. The van der Waals surface area contributed by atoms with Gasteiger partial charge in [0.1, 0.15) is 10.7 Å². The molecule has 0 saturated carbocycles. The van der Waals surface area contributed by atoms with Crippen molar-refractivity contribution in [1.82, 2.24) is 4.98 Å². The molecule has 19 heavy (non-hydrogen) atoms. The van der Waals surface area contributed by atoms with E-state index >= 15 is 0 Å². The van der Waals surface area contributed by atoms with E-state index in [1.54, 1.807) is 6.92 Å². The Kier molecular flexibility index (Phi) is 3.68. The lowest BCUT2D eigenvalue weighted by Crippen LogP contribution is -2.09. The summed E-state index contributed by atoms with van der Waals surface area (Å²) in [6.45, 7) is 1.69. The SMILES string of the molecule is CC(N)c1nc(C(=O)c2ccc(F)c(F)c2F)cs1. The lowest BCUT2D eigenvalue weighted by Gasteiger charge is -2.02. The molecular formula is C12H9F3N2OS. The summed E-state index contributed by atoms with van der Waals surface area (Å²) in [7, 11) is 0. The van der Waals surface area contributed by atoms with Crippen molar-refractivity contribution in [3.63, 3.8) is 0 Å². The summed E-state index contributed by atoms with van der Waals surface area (Å²) in [5.41, 5.74) is 5.00. The van der Waals surface area contributed by atoms with E-state index in [0.29, 0.717) is 11.1 Å². The van der Waals surface area contributed by atoms with Gasteiger partial charge in [-0.05, 0) is 19.1 Å². The molecule has 2 rings (SSSR count). The summed E-state index contributed by atoms with van der Waals surface area (Å²) in [4.78, 5) is 15.9. The van der Waals surface area contributed by atoms with Crippen molar-refractivity contribution in [3.8, 4) is 0 Å². The number of aromatic nitrogens is 1. The maximum absolute atomic E-state index is 13.5. The average molecular weight is 286 g/mol. The molecule has 0 saturated heterocycles. The first kappa shape index (κ1) is 13.7. The van der Waals surface area contributed by atoms with Crippen LogP contribution in [-0.4, -0.2) is 10.8 Å². The number of rotatable bonds is 3. The van der Waals surface area contributed by atoms with Crippen LogP contribution in [0.3, 0.4) is 0 Å². The zero-order valence-corrected chi connectivity index (χ0v) is 10.6. The van der Waals surface area contributed by atoms with Crippen LogP contribution in [0.5, 0.6) is 0 Å². The van der Waals surface area contributed by atoms with Crippen molar-refractivity contribution < 1.29 is 18.0 Å². The second kappa shape index (κ2) is 5.10. The van der Waals surface area contributed by atoms with Gasteiger partial charge >= 0.3 is 0 Å². The number of thiazole rings is 1. The van der Waals surface area contributed by atoms with Gasteiger partial charge in [0.2, 0.25) is 5.78 Å². The van der Waals surface area contributed by atoms with Crippen LogP contribution < -0.4 is 5.73 Å². The first-order chi connectivity index (χ1) is 8.91. The van der Waals surface area contributed by atoms with Crippen LogP contribution in [0.25, 0.3) is 0 Å². The van der Waals surface area contributed by atoms with Crippen LogP contribution in [0.2, 0.25) is 0 Å². The van der Waals surface area contributed by atoms with Crippen molar-refractivity contribution in [3.05, 3.63) is 51.2 Å². The zero-order chi connectivity index (χ0) is 14.2. The topological polar surface area (TPSA) is 56.0 Å². The summed E-state index contributed by atoms with van der Waals surface area (Å²) >= 11 is 1.15. The molecule has 1 atom stereocenters. The molecule has 100 valence electrons. The highest BCUT2D eigenvalue weighted by molar-refractivity contribution is 7.09. The van der Waals surface area contributed by atoms with Crippen molar-refractivity contribution >= 4 is 17.1 Å². The predicted molar refractivity (Wildman–Crippen MR) is 64.5 cm³/mol. The number of ketones is 1. The van der Waals surface area contributed by atoms with Crippen molar-refractivity contribution in [1.29, 1.82) is 0 Å². The van der Waals surface area contributed by atoms with E-state index in [4.69, 9.17) is 5.73 Å². The smallest absolute Gasteiger partial charge is 0.215 e. The molecule has 7 heteroatoms. The summed E-state index contributed by atoms with van der Waals surface area (Å²) in [5, 5.41) is 1.91. The fraction of sp³-hybridized carbons (Fsp3) is 0.167. The van der Waals surface area contributed by atoms with Crippen LogP contribution in [0.1, 0.15) is 34.0 Å². The van der Waals surface area contributed by atoms with Gasteiger partial charge in [-0.3, -0.25) is 4.79 Å². The van der Waals surface area contributed by atoms with Gasteiger partial charge in [0.15, 0.2) is 17.5 Å². The van der Waals surface area contributed by atoms with Crippen LogP contribution in [-0.2, 0) is 0 Å². The number of hydrogen-bond acceptors (Lipinski definition) is 4. The number of halogens is 3. The molecule has 0 radical (unpaired) electrons. The minimum atomic E-state index is -1.67. The standard InChI is InChI=1S/C12H9F3N2OS/c1-5(16)12-17-8(4-19-12)11(18)6-2-3-7(13)10(15)9(6)14/h2-5H,16H2,1H3. The number of hydrogen-bond donors (Lipinski definition) is 1. The molecule has 0 amide bonds. The Bertz CT molecular complexity index is 640. The summed E-state index contributed by atoms with van der Waals surface area (Å²) in [6, 6.07) is 1.23. The fourth-order valence-electron chi connectivity index (χ4n) is 1.44. The van der Waals surface area contributed by atoms with Gasteiger partial charge in [-0.1, -0.05) is 0 Å². The third-order valence-electron chi connectivity index (χ3n) is 2.42. The van der Waals surface area contributed by atoms with Gasteiger partial charge in [-0.15, -0.1) is 11.3 Å². The maximum Gasteiger partial charge on any atom is 0.215 e. The highest BCUT2D eigenvalue weighted by Gasteiger charge is 2.22. The molecule has 0 bridgehead atoms. The van der Waals surface area contributed by atoms with Gasteiger partial charge in [-0.25, -0.2) is 18.2 Å². The van der Waals surface area contributed by atoms with E-state index in [2.05, 4.69) is 4.98 Å². The molecule has 2 aromatic rings. The Hall–Kier alpha value is -1.73. The molecule has 0 spiro atoms. The third kappa shape index (κ3) is 2.52. The largest absolute Gasteiger partial charge is 0.322 e. The molecule has 2 N–H and O–H groups in total. The quantitative estimate of drug-likeness (QED) is 0.697. The second-order valence-corrected chi connectivity index (χ2v) is 4.80. The van der Waals surface area contributed by atoms with Gasteiger partial charge in [0, 0.05) is 5.38 Å². The predicted octanol–water partition coefficient (Wildman–Crippen LogP) is 2.81. The van der Waals surface area contributed by atoms with Crippen molar-refractivity contribution in [2.24, 2.45) is 5.73 Å². The Morgan fingerprint density at radius 1 is 1.32 bits per heavy atom. The number of carbonyl (C=O) groups is 1. The van der Waals surface area contributed by atoms with Crippen LogP contribution in [0.4, 0.5) is 13.2 Å². The molecule has 0 fully saturated rings. The molecular weight excluding hydrogens is 277 g/mol. The Morgan fingerprint density at radius 2 is 2.00 bits per heavy atom. The Balaban J connectivity index is 2.41. The maximum atomic E-state index is 13.5. The molecule has 1 aromatic carbocycles. The molecule has 1 unspecified atom stereocenters. The van der Waals surface area contributed by atoms with Crippen LogP contribution in [0.15, 0.2) is 17.5 Å². The molecule has 1 heterocycles. The lowest BCUT2D eigenvalue weighted by atomic mass is 10.1. The Morgan fingerprint density at radius 3 is 2.58 bits per heavy atom. The average Bonchev–Trinajstić information content (AvgIpc) is 2.85. The highest BCUT2D eigenvalue weighted by atomic mass is 32.1. The number of nitrogens with zero attached hydrogens (tertiary/aromatic N) is 1. The fourth-order valence-corrected chi connectivity index (χ4v) is 2.20. The molecule has 3 nitrogen and oxygen atoms in total. The van der Waals surface area contributed by atoms with E-state index in [1.807, 2.05) is 0 Å². The summed E-state index contributed by atoms with van der Waals surface area (Å²) in [5.74, 6) is -5.34. The van der Waals surface area contributed by atoms with Gasteiger partial charge in [0.25, 0.3) is 0 Å². The minimum absolute atomic E-state index is 0.0396. The molecule has 1 aromatic heterocycles. The van der Waals surface area contributed by atoms with E-state index in [-0.39, 0.29) is 11.7 Å². The van der Waals surface area contributed by atoms with Crippen molar-refractivity contribution in [2.45, 2.75) is 13.0 Å². The van der Waals surface area contributed by atoms with Crippen LogP contribution >= 0.6 is 11.3 Å². The lowest BCUT2D eigenvalue weighted by molar-refractivity contribution is 0.103. The van der Waals surface area contributed by atoms with E-state index in [0.717, 1.165) is 17.4 Å². The zero-order valence-electron chi connectivity index (χ0n) is 9.78. The highest BCUT2D eigenvalue weighted by Crippen LogP contribution is 2.21. The monoisotopic (exact) mass is 286 g/mol. The van der Waals surface area contributed by atoms with E-state index < -0.39 is 28.8 Å². The van der Waals surface area contributed by atoms with Gasteiger partial charge in [0.05, 0.1) is 11.6 Å². The first-order valence-corrected chi connectivity index (χ1v) is 6.19. The minimum Gasteiger partial charge on any atom is -0.322 e. The number of nitrogens with two attached hydrogens (primary N) is 1. The third-order valence-corrected chi connectivity index (χ3v) is 3.47. The first-order valence-electron chi connectivity index (χ1n) is 5.31. The van der Waals surface area contributed by atoms with Crippen molar-refractivity contribution in [2.75, 3.05) is 0 Å². The number of benzene rings is 1.